The second-order valence-corrected chi connectivity index (χ2v) is 4.65. The Balaban J connectivity index is 1.95. The first-order valence-electron chi connectivity index (χ1n) is 6.41. The van der Waals surface area contributed by atoms with E-state index in [-0.39, 0.29) is 5.91 Å². The summed E-state index contributed by atoms with van der Waals surface area (Å²) in [4.78, 5) is 11.9. The van der Waals surface area contributed by atoms with Crippen molar-refractivity contribution < 1.29 is 4.79 Å². The Morgan fingerprint density at radius 2 is 1.63 bits per heavy atom. The molecule has 2 heteroatoms. The Hall–Kier alpha value is -2.09. The molecule has 0 unspecified atom stereocenters. The number of carbonyl (C=O) groups is 1. The number of hydrogen-bond acceptors (Lipinski definition) is 1. The molecule has 0 saturated carbocycles. The molecule has 0 saturated heterocycles. The number of carbonyl (C=O) groups excluding carboxylic acids is 1. The Kier molecular flexibility index (Phi) is 4.35. The first kappa shape index (κ1) is 13.3. The number of aryl methyl sites for hydroxylation is 2. The van der Waals surface area contributed by atoms with Crippen molar-refractivity contribution in [2.45, 2.75) is 20.3 Å². The van der Waals surface area contributed by atoms with Crippen molar-refractivity contribution in [3.63, 3.8) is 0 Å². The third-order valence-corrected chi connectivity index (χ3v) is 3.10. The van der Waals surface area contributed by atoms with Gasteiger partial charge in [-0.15, -0.1) is 0 Å². The molecular formula is C17H18NO. The predicted octanol–water partition coefficient (Wildman–Crippen LogP) is 3.69. The lowest BCUT2D eigenvalue weighted by Crippen LogP contribution is -2.14. The summed E-state index contributed by atoms with van der Waals surface area (Å²) in [6.07, 6.45) is 2.33. The van der Waals surface area contributed by atoms with Crippen molar-refractivity contribution >= 4 is 11.6 Å². The molecular weight excluding hydrogens is 234 g/mol. The van der Waals surface area contributed by atoms with Crippen LogP contribution in [-0.2, 0) is 11.2 Å². The number of anilines is 1. The third-order valence-electron chi connectivity index (χ3n) is 3.10. The highest BCUT2D eigenvalue weighted by Gasteiger charge is 2.07. The summed E-state index contributed by atoms with van der Waals surface area (Å²) in [5.41, 5.74) is 4.22. The molecule has 2 rings (SSSR count). The fraction of sp³-hybridized carbons (Fsp3) is 0.176. The standard InChI is InChI=1S/C17H18NO/c1-13-7-6-8-14(2)17(13)18-16(19)12-11-15-9-4-3-5-10-15/h3-10,12H,11H2,1-2H3,(H,18,19). The maximum absolute atomic E-state index is 11.9. The number of hydrogen-bond donors (Lipinski definition) is 1. The van der Waals surface area contributed by atoms with Gasteiger partial charge >= 0.3 is 0 Å². The lowest BCUT2D eigenvalue weighted by Gasteiger charge is -2.11. The lowest BCUT2D eigenvalue weighted by molar-refractivity contribution is -0.113. The average Bonchev–Trinajstić information content (AvgIpc) is 2.42. The normalized spacial score (nSPS) is 10.2. The number of amides is 1. The van der Waals surface area contributed by atoms with Gasteiger partial charge in [-0.1, -0.05) is 48.5 Å². The van der Waals surface area contributed by atoms with Crippen LogP contribution in [0.3, 0.4) is 0 Å². The van der Waals surface area contributed by atoms with E-state index >= 15 is 0 Å². The van der Waals surface area contributed by atoms with Crippen LogP contribution in [0.1, 0.15) is 16.7 Å². The molecule has 97 valence electrons. The van der Waals surface area contributed by atoms with E-state index in [4.69, 9.17) is 0 Å². The summed E-state index contributed by atoms with van der Waals surface area (Å²) in [6.45, 7) is 4.00. The Bertz CT molecular complexity index is 540. The molecule has 1 radical (unpaired) electrons. The Labute approximate surface area is 114 Å². The van der Waals surface area contributed by atoms with Crippen molar-refractivity contribution in [2.75, 3.05) is 5.32 Å². The molecule has 2 nitrogen and oxygen atoms in total. The highest BCUT2D eigenvalue weighted by Crippen LogP contribution is 2.19. The van der Waals surface area contributed by atoms with Crippen LogP contribution in [0.5, 0.6) is 0 Å². The number of para-hydroxylation sites is 1. The highest BCUT2D eigenvalue weighted by molar-refractivity contribution is 5.98. The zero-order valence-corrected chi connectivity index (χ0v) is 11.3. The topological polar surface area (TPSA) is 29.1 Å². The predicted molar refractivity (Wildman–Crippen MR) is 79.0 cm³/mol. The van der Waals surface area contributed by atoms with Gasteiger partial charge in [0.1, 0.15) is 0 Å². The third kappa shape index (κ3) is 3.68. The largest absolute Gasteiger partial charge is 0.325 e. The van der Waals surface area contributed by atoms with Crippen LogP contribution in [0.4, 0.5) is 5.69 Å². The SMILES string of the molecule is Cc1cccc(C)c1NC(=O)[CH]Cc1ccccc1. The fourth-order valence-electron chi connectivity index (χ4n) is 2.01. The van der Waals surface area contributed by atoms with Crippen LogP contribution in [-0.4, -0.2) is 5.91 Å². The number of nitrogens with one attached hydrogen (secondary N) is 1. The first-order valence-corrected chi connectivity index (χ1v) is 6.41. The van der Waals surface area contributed by atoms with Crippen LogP contribution < -0.4 is 5.32 Å². The van der Waals surface area contributed by atoms with E-state index in [0.717, 1.165) is 22.4 Å². The smallest absolute Gasteiger partial charge is 0.228 e. The van der Waals surface area contributed by atoms with E-state index in [2.05, 4.69) is 5.32 Å². The van der Waals surface area contributed by atoms with Gasteiger partial charge in [-0.3, -0.25) is 4.79 Å². The van der Waals surface area contributed by atoms with Gasteiger partial charge in [-0.05, 0) is 37.0 Å². The fourth-order valence-corrected chi connectivity index (χ4v) is 2.01. The maximum atomic E-state index is 11.9. The molecule has 1 amide bonds. The molecule has 0 heterocycles. The highest BCUT2D eigenvalue weighted by atomic mass is 16.1. The van der Waals surface area contributed by atoms with Gasteiger partial charge < -0.3 is 5.32 Å². The van der Waals surface area contributed by atoms with Crippen LogP contribution >= 0.6 is 0 Å². The maximum Gasteiger partial charge on any atom is 0.228 e. The van der Waals surface area contributed by atoms with E-state index < -0.39 is 0 Å². The van der Waals surface area contributed by atoms with Crippen molar-refractivity contribution in [1.29, 1.82) is 0 Å². The summed E-state index contributed by atoms with van der Waals surface area (Å²) in [5, 5.41) is 2.95. The minimum absolute atomic E-state index is 0.0544. The van der Waals surface area contributed by atoms with Crippen molar-refractivity contribution in [3.8, 4) is 0 Å². The monoisotopic (exact) mass is 252 g/mol. The van der Waals surface area contributed by atoms with Gasteiger partial charge in [0.25, 0.3) is 0 Å². The molecule has 2 aromatic carbocycles. The van der Waals surface area contributed by atoms with Gasteiger partial charge in [-0.25, -0.2) is 0 Å². The summed E-state index contributed by atoms with van der Waals surface area (Å²) in [6, 6.07) is 16.0. The molecule has 0 aliphatic heterocycles. The van der Waals surface area contributed by atoms with Crippen LogP contribution in [0.15, 0.2) is 48.5 Å². The van der Waals surface area contributed by atoms with Crippen LogP contribution in [0.25, 0.3) is 0 Å². The molecule has 0 atom stereocenters. The zero-order valence-electron chi connectivity index (χ0n) is 11.3. The Morgan fingerprint density at radius 3 is 2.26 bits per heavy atom. The van der Waals surface area contributed by atoms with Crippen molar-refractivity contribution in [1.82, 2.24) is 0 Å². The lowest BCUT2D eigenvalue weighted by atomic mass is 10.1. The minimum atomic E-state index is -0.0544. The molecule has 19 heavy (non-hydrogen) atoms. The van der Waals surface area contributed by atoms with E-state index in [0.29, 0.717) is 6.42 Å². The molecule has 0 aromatic heterocycles. The van der Waals surface area contributed by atoms with Gasteiger partial charge in [0.15, 0.2) is 0 Å². The number of benzene rings is 2. The molecule has 0 aliphatic rings. The van der Waals surface area contributed by atoms with E-state index in [1.54, 1.807) is 6.42 Å². The number of rotatable bonds is 4. The van der Waals surface area contributed by atoms with Gasteiger partial charge in [0.2, 0.25) is 5.91 Å². The molecule has 0 bridgehead atoms. The molecule has 0 spiro atoms. The van der Waals surface area contributed by atoms with Crippen LogP contribution in [0.2, 0.25) is 0 Å². The van der Waals surface area contributed by atoms with E-state index in [1.807, 2.05) is 62.4 Å². The minimum Gasteiger partial charge on any atom is -0.325 e. The summed E-state index contributed by atoms with van der Waals surface area (Å²) in [5.74, 6) is -0.0544. The summed E-state index contributed by atoms with van der Waals surface area (Å²) >= 11 is 0. The average molecular weight is 252 g/mol. The molecule has 0 aliphatic carbocycles. The molecule has 1 N–H and O–H groups in total. The van der Waals surface area contributed by atoms with Crippen molar-refractivity contribution in [2.24, 2.45) is 0 Å². The second kappa shape index (κ2) is 6.19. The quantitative estimate of drug-likeness (QED) is 0.883. The van der Waals surface area contributed by atoms with Gasteiger partial charge in [0, 0.05) is 5.69 Å². The zero-order chi connectivity index (χ0) is 13.7. The summed E-state index contributed by atoms with van der Waals surface area (Å²) in [7, 11) is 0. The van der Waals surface area contributed by atoms with Gasteiger partial charge in [-0.2, -0.15) is 0 Å². The first-order chi connectivity index (χ1) is 9.16. The van der Waals surface area contributed by atoms with Crippen LogP contribution in [0, 0.1) is 20.3 Å². The van der Waals surface area contributed by atoms with E-state index in [9.17, 15) is 4.79 Å². The second-order valence-electron chi connectivity index (χ2n) is 4.65. The Morgan fingerprint density at radius 1 is 1.00 bits per heavy atom. The summed E-state index contributed by atoms with van der Waals surface area (Å²) < 4.78 is 0. The van der Waals surface area contributed by atoms with Gasteiger partial charge in [0.05, 0.1) is 6.42 Å². The molecule has 2 aromatic rings. The van der Waals surface area contributed by atoms with Crippen molar-refractivity contribution in [3.05, 3.63) is 71.6 Å². The van der Waals surface area contributed by atoms with E-state index in [1.165, 1.54) is 0 Å². The molecule has 0 fully saturated rings.